The highest BCUT2D eigenvalue weighted by Crippen LogP contribution is 2.44. The fourth-order valence-corrected chi connectivity index (χ4v) is 0.842. The van der Waals surface area contributed by atoms with E-state index in [2.05, 4.69) is 9.05 Å². The topological polar surface area (TPSA) is 134 Å². The Morgan fingerprint density at radius 2 is 1.07 bits per heavy atom. The molecule has 0 rings (SSSR count). The van der Waals surface area contributed by atoms with Crippen LogP contribution in [-0.4, -0.2) is 19.6 Å². The van der Waals surface area contributed by atoms with Gasteiger partial charge in [-0.15, -0.1) is 0 Å². The molecule has 0 aliphatic carbocycles. The Bertz CT molecular complexity index is 292. The zero-order valence-corrected chi connectivity index (χ0v) is 7.86. The van der Waals surface area contributed by atoms with Crippen LogP contribution in [0.15, 0.2) is 12.0 Å². The SMILES string of the molecule is O=P(O)(O)O/C(F)=C(\F)OP(=O)(O)O. The number of phosphoric acid groups is 2. The Morgan fingerprint density at radius 1 is 0.857 bits per heavy atom. The molecule has 0 aromatic carbocycles. The first-order valence-corrected chi connectivity index (χ1v) is 5.63. The van der Waals surface area contributed by atoms with Crippen LogP contribution in [0.4, 0.5) is 8.78 Å². The number of hydrogen-bond acceptors (Lipinski definition) is 4. The summed E-state index contributed by atoms with van der Waals surface area (Å²) in [4.78, 5) is 31.7. The van der Waals surface area contributed by atoms with Crippen molar-refractivity contribution in [3.63, 3.8) is 0 Å². The first kappa shape index (κ1) is 13.5. The van der Waals surface area contributed by atoms with E-state index in [1.54, 1.807) is 0 Å². The van der Waals surface area contributed by atoms with Crippen LogP contribution in [0.25, 0.3) is 0 Å². The standard InChI is InChI=1S/C2H4F2O8P2/c3-1(11-13(5,6)7)2(4)12-14(8,9)10/h(H2,5,6,7)(H2,8,9,10)/b2-1+. The minimum atomic E-state index is -5.35. The maximum Gasteiger partial charge on any atom is 0.526 e. The summed E-state index contributed by atoms with van der Waals surface area (Å²) in [6, 6.07) is -5.14. The van der Waals surface area contributed by atoms with Crippen molar-refractivity contribution < 1.29 is 46.5 Å². The summed E-state index contributed by atoms with van der Waals surface area (Å²) in [5.74, 6) is 0. The monoisotopic (exact) mass is 256 g/mol. The minimum absolute atomic E-state index is 2.57. The van der Waals surface area contributed by atoms with Crippen molar-refractivity contribution in [1.82, 2.24) is 0 Å². The molecule has 14 heavy (non-hydrogen) atoms. The second kappa shape index (κ2) is 4.35. The van der Waals surface area contributed by atoms with Crippen molar-refractivity contribution in [1.29, 1.82) is 0 Å². The summed E-state index contributed by atoms with van der Waals surface area (Å²) < 4.78 is 50.0. The van der Waals surface area contributed by atoms with Gasteiger partial charge in [0.25, 0.3) is 0 Å². The molecule has 0 heterocycles. The third-order valence-electron chi connectivity index (χ3n) is 0.553. The van der Waals surface area contributed by atoms with Crippen molar-refractivity contribution in [3.8, 4) is 0 Å². The zero-order chi connectivity index (χ0) is 11.6. The van der Waals surface area contributed by atoms with Crippen LogP contribution in [0.1, 0.15) is 0 Å². The summed E-state index contributed by atoms with van der Waals surface area (Å²) >= 11 is 0. The Balaban J connectivity index is 4.62. The molecule has 0 aliphatic heterocycles. The largest absolute Gasteiger partial charge is 0.526 e. The normalized spacial score (nSPS) is 14.7. The Morgan fingerprint density at radius 3 is 1.21 bits per heavy atom. The van der Waals surface area contributed by atoms with Crippen LogP contribution in [0, 0.1) is 0 Å². The lowest BCUT2D eigenvalue weighted by atomic mass is 11.0. The molecule has 0 bridgehead atoms. The van der Waals surface area contributed by atoms with E-state index < -0.39 is 27.7 Å². The number of hydrogen-bond donors (Lipinski definition) is 4. The van der Waals surface area contributed by atoms with E-state index in [1.165, 1.54) is 0 Å². The Hall–Kier alpha value is -0.500. The molecule has 84 valence electrons. The Kier molecular flexibility index (Phi) is 4.19. The molecule has 0 radical (unpaired) electrons. The predicted octanol–water partition coefficient (Wildman–Crippen LogP) is 0.271. The van der Waals surface area contributed by atoms with Gasteiger partial charge in [0.2, 0.25) is 0 Å². The number of rotatable bonds is 4. The first-order chi connectivity index (χ1) is 6.01. The summed E-state index contributed by atoms with van der Waals surface area (Å²) in [7, 11) is -10.7. The highest BCUT2D eigenvalue weighted by Gasteiger charge is 2.26. The van der Waals surface area contributed by atoms with Gasteiger partial charge >= 0.3 is 27.7 Å². The number of phosphoric ester groups is 2. The van der Waals surface area contributed by atoms with Gasteiger partial charge in [-0.3, -0.25) is 19.6 Å². The smallest absolute Gasteiger partial charge is 0.371 e. The van der Waals surface area contributed by atoms with Crippen LogP contribution in [0.3, 0.4) is 0 Å². The van der Waals surface area contributed by atoms with Gasteiger partial charge in [-0.05, 0) is 0 Å². The second-order valence-electron chi connectivity index (χ2n) is 1.71. The van der Waals surface area contributed by atoms with E-state index in [4.69, 9.17) is 19.6 Å². The van der Waals surface area contributed by atoms with Crippen molar-refractivity contribution in [3.05, 3.63) is 12.0 Å². The lowest BCUT2D eigenvalue weighted by Crippen LogP contribution is -1.92. The van der Waals surface area contributed by atoms with Crippen molar-refractivity contribution >= 4 is 15.6 Å². The van der Waals surface area contributed by atoms with Gasteiger partial charge in [0.05, 0.1) is 0 Å². The van der Waals surface area contributed by atoms with Crippen LogP contribution < -0.4 is 0 Å². The molecule has 0 unspecified atom stereocenters. The second-order valence-corrected chi connectivity index (χ2v) is 4.04. The Labute approximate surface area is 75.2 Å². The lowest BCUT2D eigenvalue weighted by Gasteiger charge is -2.06. The zero-order valence-electron chi connectivity index (χ0n) is 6.07. The average molecular weight is 256 g/mol. The molecule has 0 fully saturated rings. The predicted molar refractivity (Wildman–Crippen MR) is 35.5 cm³/mol. The fraction of sp³-hybridized carbons (Fsp3) is 0. The van der Waals surface area contributed by atoms with Gasteiger partial charge in [0.1, 0.15) is 0 Å². The molecule has 0 saturated carbocycles. The first-order valence-electron chi connectivity index (χ1n) is 2.57. The van der Waals surface area contributed by atoms with E-state index in [9.17, 15) is 17.9 Å². The van der Waals surface area contributed by atoms with E-state index >= 15 is 0 Å². The summed E-state index contributed by atoms with van der Waals surface area (Å²) in [6.45, 7) is 0. The van der Waals surface area contributed by atoms with E-state index in [0.717, 1.165) is 0 Å². The lowest BCUT2D eigenvalue weighted by molar-refractivity contribution is 0.138. The summed E-state index contributed by atoms with van der Waals surface area (Å²) in [5, 5.41) is 0. The van der Waals surface area contributed by atoms with Crippen molar-refractivity contribution in [2.24, 2.45) is 0 Å². The molecule has 0 aromatic rings. The van der Waals surface area contributed by atoms with E-state index in [1.807, 2.05) is 0 Å². The fourth-order valence-electron chi connectivity index (χ4n) is 0.281. The maximum absolute atomic E-state index is 12.1. The summed E-state index contributed by atoms with van der Waals surface area (Å²) in [5.41, 5.74) is 0. The molecule has 4 N–H and O–H groups in total. The van der Waals surface area contributed by atoms with Crippen molar-refractivity contribution in [2.45, 2.75) is 0 Å². The third kappa shape index (κ3) is 6.96. The minimum Gasteiger partial charge on any atom is -0.371 e. The highest BCUT2D eigenvalue weighted by atomic mass is 31.2. The van der Waals surface area contributed by atoms with Crippen LogP contribution >= 0.6 is 15.6 Å². The molecule has 0 saturated heterocycles. The summed E-state index contributed by atoms with van der Waals surface area (Å²) in [6.07, 6.45) is 0. The molecule has 8 nitrogen and oxygen atoms in total. The molecule has 0 aliphatic rings. The molecule has 0 aromatic heterocycles. The maximum atomic E-state index is 12.1. The average Bonchev–Trinajstić information content (AvgIpc) is 1.78. The molecule has 0 spiro atoms. The van der Waals surface area contributed by atoms with Gasteiger partial charge in [-0.2, -0.15) is 8.78 Å². The van der Waals surface area contributed by atoms with Crippen LogP contribution in [0.2, 0.25) is 0 Å². The van der Waals surface area contributed by atoms with Crippen molar-refractivity contribution in [2.75, 3.05) is 0 Å². The quantitative estimate of drug-likeness (QED) is 0.416. The van der Waals surface area contributed by atoms with E-state index in [0.29, 0.717) is 0 Å². The van der Waals surface area contributed by atoms with E-state index in [-0.39, 0.29) is 0 Å². The highest BCUT2D eigenvalue weighted by molar-refractivity contribution is 7.46. The van der Waals surface area contributed by atoms with Gasteiger partial charge in [-0.1, -0.05) is 0 Å². The molecular weight excluding hydrogens is 252 g/mol. The number of halogens is 2. The van der Waals surface area contributed by atoms with Crippen LogP contribution in [0.5, 0.6) is 0 Å². The van der Waals surface area contributed by atoms with Gasteiger partial charge in [-0.25, -0.2) is 9.13 Å². The molecule has 0 atom stereocenters. The molecular formula is C2H4F2O8P2. The van der Waals surface area contributed by atoms with Gasteiger partial charge in [0, 0.05) is 0 Å². The van der Waals surface area contributed by atoms with Gasteiger partial charge < -0.3 is 9.05 Å². The van der Waals surface area contributed by atoms with Crippen LogP contribution in [-0.2, 0) is 18.2 Å². The van der Waals surface area contributed by atoms with Gasteiger partial charge in [0.15, 0.2) is 0 Å². The molecule has 12 heteroatoms. The molecule has 0 amide bonds. The third-order valence-corrected chi connectivity index (χ3v) is 1.35.